The fourth-order valence-electron chi connectivity index (χ4n) is 6.04. The molecule has 9 heteroatoms. The molecule has 0 rings (SSSR count). The molecule has 3 atom stereocenters. The summed E-state index contributed by atoms with van der Waals surface area (Å²) >= 11 is 0. The zero-order valence-electron chi connectivity index (χ0n) is 36.3. The van der Waals surface area contributed by atoms with Crippen molar-refractivity contribution < 1.29 is 28.4 Å². The molecule has 0 aromatic rings. The van der Waals surface area contributed by atoms with E-state index in [0.717, 1.165) is 83.5 Å². The van der Waals surface area contributed by atoms with Crippen LogP contribution >= 0.6 is 7.82 Å². The molecule has 5 N–H and O–H groups in total. The molecule has 0 aliphatic carbocycles. The second-order valence-corrected chi connectivity index (χ2v) is 16.3. The molecular formula is C48H85N2O6P. The summed E-state index contributed by atoms with van der Waals surface area (Å²) in [6.07, 6.45) is 57.8. The van der Waals surface area contributed by atoms with Crippen LogP contribution < -0.4 is 11.1 Å². The van der Waals surface area contributed by atoms with Crippen LogP contribution in [-0.2, 0) is 18.4 Å². The van der Waals surface area contributed by atoms with Gasteiger partial charge >= 0.3 is 7.82 Å². The lowest BCUT2D eigenvalue weighted by Gasteiger charge is -2.23. The monoisotopic (exact) mass is 817 g/mol. The lowest BCUT2D eigenvalue weighted by Crippen LogP contribution is -2.45. The van der Waals surface area contributed by atoms with Crippen molar-refractivity contribution in [2.24, 2.45) is 5.73 Å². The zero-order chi connectivity index (χ0) is 41.8. The van der Waals surface area contributed by atoms with Crippen molar-refractivity contribution in [2.75, 3.05) is 19.8 Å². The Morgan fingerprint density at radius 2 is 1.04 bits per heavy atom. The first-order valence-corrected chi connectivity index (χ1v) is 24.2. The number of hydrogen-bond acceptors (Lipinski definition) is 6. The van der Waals surface area contributed by atoms with Crippen LogP contribution in [0.2, 0.25) is 0 Å². The minimum absolute atomic E-state index is 0.0648. The molecule has 0 aromatic heterocycles. The van der Waals surface area contributed by atoms with Gasteiger partial charge in [0.25, 0.3) is 0 Å². The summed E-state index contributed by atoms with van der Waals surface area (Å²) in [5, 5.41) is 13.7. The van der Waals surface area contributed by atoms with Gasteiger partial charge in [0.2, 0.25) is 5.91 Å². The fraction of sp³-hybridized carbons (Fsp3) is 0.688. The van der Waals surface area contributed by atoms with Crippen LogP contribution in [0.4, 0.5) is 0 Å². The molecule has 328 valence electrons. The van der Waals surface area contributed by atoms with E-state index in [2.05, 4.69) is 92.1 Å². The summed E-state index contributed by atoms with van der Waals surface area (Å²) in [7, 11) is -4.36. The Labute approximate surface area is 349 Å². The van der Waals surface area contributed by atoms with Crippen molar-refractivity contribution in [3.63, 3.8) is 0 Å². The van der Waals surface area contributed by atoms with E-state index in [4.69, 9.17) is 14.8 Å². The van der Waals surface area contributed by atoms with Crippen molar-refractivity contribution in [1.29, 1.82) is 0 Å². The molecule has 0 spiro atoms. The minimum Gasteiger partial charge on any atom is -0.387 e. The molecule has 0 aliphatic rings. The van der Waals surface area contributed by atoms with Crippen LogP contribution in [0.3, 0.4) is 0 Å². The van der Waals surface area contributed by atoms with Crippen molar-refractivity contribution in [3.05, 3.63) is 85.1 Å². The van der Waals surface area contributed by atoms with Gasteiger partial charge in [0.15, 0.2) is 0 Å². The highest BCUT2D eigenvalue weighted by Gasteiger charge is 2.26. The largest absolute Gasteiger partial charge is 0.472 e. The van der Waals surface area contributed by atoms with Crippen LogP contribution in [0, 0.1) is 0 Å². The number of amides is 1. The van der Waals surface area contributed by atoms with Gasteiger partial charge in [0.05, 0.1) is 25.4 Å². The molecule has 0 fully saturated rings. The maximum atomic E-state index is 12.8. The van der Waals surface area contributed by atoms with Gasteiger partial charge in [0.1, 0.15) is 0 Å². The number of phosphoric ester groups is 1. The number of carbonyl (C=O) groups is 1. The first kappa shape index (κ1) is 54.7. The van der Waals surface area contributed by atoms with E-state index in [0.29, 0.717) is 6.42 Å². The number of aliphatic hydroxyl groups excluding tert-OH is 1. The Morgan fingerprint density at radius 3 is 1.56 bits per heavy atom. The van der Waals surface area contributed by atoms with Crippen LogP contribution in [0.1, 0.15) is 181 Å². The summed E-state index contributed by atoms with van der Waals surface area (Å²) < 4.78 is 22.1. The summed E-state index contributed by atoms with van der Waals surface area (Å²) in [5.41, 5.74) is 5.37. The lowest BCUT2D eigenvalue weighted by molar-refractivity contribution is -0.123. The molecule has 0 heterocycles. The molecule has 0 saturated heterocycles. The quantitative estimate of drug-likeness (QED) is 0.0274. The smallest absolute Gasteiger partial charge is 0.387 e. The van der Waals surface area contributed by atoms with E-state index in [-0.39, 0.29) is 25.7 Å². The summed E-state index contributed by atoms with van der Waals surface area (Å²) in [6.45, 7) is 3.97. The molecule has 0 aromatic carbocycles. The van der Waals surface area contributed by atoms with Crippen molar-refractivity contribution in [2.45, 2.75) is 193 Å². The van der Waals surface area contributed by atoms with Crippen LogP contribution in [0.5, 0.6) is 0 Å². The third-order valence-electron chi connectivity index (χ3n) is 9.43. The van der Waals surface area contributed by atoms with Gasteiger partial charge in [-0.1, -0.05) is 176 Å². The molecule has 3 unspecified atom stereocenters. The van der Waals surface area contributed by atoms with Gasteiger partial charge in [-0.15, -0.1) is 0 Å². The van der Waals surface area contributed by atoms with Gasteiger partial charge in [0, 0.05) is 13.0 Å². The van der Waals surface area contributed by atoms with Gasteiger partial charge in [-0.05, 0) is 83.5 Å². The molecule has 0 bridgehead atoms. The fourth-order valence-corrected chi connectivity index (χ4v) is 6.80. The van der Waals surface area contributed by atoms with Gasteiger partial charge in [-0.2, -0.15) is 0 Å². The summed E-state index contributed by atoms with van der Waals surface area (Å²) in [4.78, 5) is 22.7. The third kappa shape index (κ3) is 41.6. The molecule has 0 saturated carbocycles. The Hall–Kier alpha value is -2.32. The maximum Gasteiger partial charge on any atom is 0.472 e. The molecule has 57 heavy (non-hydrogen) atoms. The van der Waals surface area contributed by atoms with Crippen molar-refractivity contribution >= 4 is 13.7 Å². The number of phosphoric acid groups is 1. The van der Waals surface area contributed by atoms with Gasteiger partial charge in [-0.3, -0.25) is 13.8 Å². The second-order valence-electron chi connectivity index (χ2n) is 14.9. The highest BCUT2D eigenvalue weighted by atomic mass is 31.2. The van der Waals surface area contributed by atoms with E-state index >= 15 is 0 Å². The van der Waals surface area contributed by atoms with E-state index in [1.165, 1.54) is 77.0 Å². The number of unbranched alkanes of at least 4 members (excludes halogenated alkanes) is 17. The van der Waals surface area contributed by atoms with Crippen molar-refractivity contribution in [3.8, 4) is 0 Å². The van der Waals surface area contributed by atoms with Crippen LogP contribution in [0.15, 0.2) is 85.1 Å². The Bertz CT molecular complexity index is 1160. The van der Waals surface area contributed by atoms with Crippen molar-refractivity contribution in [1.82, 2.24) is 5.32 Å². The summed E-state index contributed by atoms with van der Waals surface area (Å²) in [5.74, 6) is -0.226. The maximum absolute atomic E-state index is 12.8. The lowest BCUT2D eigenvalue weighted by atomic mass is 10.1. The molecule has 1 amide bonds. The third-order valence-corrected chi connectivity index (χ3v) is 10.4. The Kier molecular flexibility index (Phi) is 41.5. The van der Waals surface area contributed by atoms with E-state index < -0.39 is 20.0 Å². The van der Waals surface area contributed by atoms with E-state index in [1.54, 1.807) is 6.08 Å². The van der Waals surface area contributed by atoms with Crippen LogP contribution in [-0.4, -0.2) is 47.8 Å². The number of carbonyl (C=O) groups excluding carboxylic acids is 1. The first-order valence-electron chi connectivity index (χ1n) is 22.7. The number of nitrogens with one attached hydrogen (secondary N) is 1. The molecule has 0 radical (unpaired) electrons. The van der Waals surface area contributed by atoms with Gasteiger partial charge < -0.3 is 21.1 Å². The van der Waals surface area contributed by atoms with E-state index in [9.17, 15) is 19.4 Å². The number of allylic oxidation sites excluding steroid dienone is 13. The zero-order valence-corrected chi connectivity index (χ0v) is 37.2. The van der Waals surface area contributed by atoms with Crippen LogP contribution in [0.25, 0.3) is 0 Å². The topological polar surface area (TPSA) is 131 Å². The molecular weight excluding hydrogens is 732 g/mol. The SMILES string of the molecule is CC/C=C\C/C=C\C/C=C\C/C=C\CCCCCCCCC(=O)NC(COP(=O)(O)OCCN)C(O)/C=C/CC/C=C/CC/C=C/CCCCCCCCCCC. The highest BCUT2D eigenvalue weighted by molar-refractivity contribution is 7.47. The predicted octanol–water partition coefficient (Wildman–Crippen LogP) is 13.0. The minimum atomic E-state index is -4.36. The number of aliphatic hydroxyl groups is 1. The average Bonchev–Trinajstić information content (AvgIpc) is 3.20. The second kappa shape index (κ2) is 43.3. The Morgan fingerprint density at radius 1 is 0.596 bits per heavy atom. The molecule has 0 aliphatic heterocycles. The van der Waals surface area contributed by atoms with E-state index in [1.807, 2.05) is 6.08 Å². The first-order chi connectivity index (χ1) is 27.9. The standard InChI is InChI=1S/C48H85N2O6P/c1-3-5-7-9-11-13-15-17-19-21-23-25-27-29-31-33-35-37-39-41-47(51)46(45-56-57(53,54)55-44-43-49)50-48(52)42-40-38-36-34-32-30-28-26-24-22-20-18-16-14-12-10-8-6-4-2/h6,8,12,14,18,20,23-26,31,33,39,41,46-47,51H,3-5,7,9-11,13,15-17,19,21-22,27-30,32,34-38,40,42-45,49H2,1-2H3,(H,50,52)(H,53,54)/b8-6-,14-12-,20-18-,25-23+,26-24-,33-31+,41-39+. The molecule has 8 nitrogen and oxygen atoms in total. The Balaban J connectivity index is 4.32. The number of rotatable bonds is 41. The normalized spacial score (nSPS) is 14.8. The highest BCUT2D eigenvalue weighted by Crippen LogP contribution is 2.43. The average molecular weight is 817 g/mol. The summed E-state index contributed by atoms with van der Waals surface area (Å²) in [6, 6.07) is -0.896. The predicted molar refractivity (Wildman–Crippen MR) is 244 cm³/mol. The van der Waals surface area contributed by atoms with Gasteiger partial charge in [-0.25, -0.2) is 4.57 Å². The number of nitrogens with two attached hydrogens (primary N) is 1. The number of hydrogen-bond donors (Lipinski definition) is 4.